The van der Waals surface area contributed by atoms with Gasteiger partial charge in [-0.15, -0.1) is 0 Å². The Balaban J connectivity index is 1.62. The lowest BCUT2D eigenvalue weighted by molar-refractivity contribution is -0.142. The van der Waals surface area contributed by atoms with Crippen LogP contribution in [0.3, 0.4) is 0 Å². The Hall–Kier alpha value is -2.82. The van der Waals surface area contributed by atoms with Gasteiger partial charge in [-0.3, -0.25) is 9.48 Å². The normalized spacial score (nSPS) is 12.4. The maximum Gasteiger partial charge on any atom is 0.433 e. The van der Waals surface area contributed by atoms with Crippen LogP contribution >= 0.6 is 34.8 Å². The first-order chi connectivity index (χ1) is 16.2. The number of nitrogens with zero attached hydrogens (tertiary/aromatic N) is 5. The minimum absolute atomic E-state index is 0.0215. The topological polar surface area (TPSA) is 77.1 Å². The highest BCUT2D eigenvalue weighted by Gasteiger charge is 2.36. The van der Waals surface area contributed by atoms with Crippen molar-refractivity contribution in [3.8, 4) is 0 Å². The Morgan fingerprint density at radius 3 is 2.34 bits per heavy atom. The summed E-state index contributed by atoms with van der Waals surface area (Å²) in [5.41, 5.74) is -1.06. The minimum atomic E-state index is -4.70. The van der Waals surface area contributed by atoms with Crippen LogP contribution < -0.4 is 5.32 Å². The molecule has 35 heavy (non-hydrogen) atoms. The molecule has 0 aliphatic carbocycles. The van der Waals surface area contributed by atoms with Crippen molar-refractivity contribution in [2.24, 2.45) is 0 Å². The molecular weight excluding hydrogens is 528 g/mol. The van der Waals surface area contributed by atoms with Gasteiger partial charge in [-0.05, 0) is 23.8 Å². The molecule has 1 amide bonds. The molecule has 0 saturated heterocycles. The summed E-state index contributed by atoms with van der Waals surface area (Å²) in [5, 5.41) is 11.5. The van der Waals surface area contributed by atoms with Crippen LogP contribution in [0, 0.1) is 0 Å². The van der Waals surface area contributed by atoms with Crippen molar-refractivity contribution < 1.29 is 18.0 Å². The molecule has 0 saturated carbocycles. The SMILES string of the molecule is CC(C)(C)c1cc(C(F)(F)F)n2nc(C(=O)Nc3nn(Cc4ccc(Cl)c(Cl)c4)cc3Cl)cc2n1. The molecule has 3 aromatic heterocycles. The van der Waals surface area contributed by atoms with Gasteiger partial charge in [0.05, 0.1) is 22.3 Å². The van der Waals surface area contributed by atoms with E-state index in [4.69, 9.17) is 34.8 Å². The van der Waals surface area contributed by atoms with Gasteiger partial charge in [0.2, 0.25) is 0 Å². The first-order valence-electron chi connectivity index (χ1n) is 10.2. The van der Waals surface area contributed by atoms with Crippen LogP contribution in [0.2, 0.25) is 15.1 Å². The van der Waals surface area contributed by atoms with Crippen molar-refractivity contribution in [3.63, 3.8) is 0 Å². The second-order valence-corrected chi connectivity index (χ2v) is 10.0. The lowest BCUT2D eigenvalue weighted by Gasteiger charge is -2.19. The molecule has 1 N–H and O–H groups in total. The molecular formula is C22H18Cl3F3N6O. The summed E-state index contributed by atoms with van der Waals surface area (Å²) < 4.78 is 43.1. The summed E-state index contributed by atoms with van der Waals surface area (Å²) in [5.74, 6) is -0.768. The van der Waals surface area contributed by atoms with E-state index in [2.05, 4.69) is 20.5 Å². The number of nitrogens with one attached hydrogen (secondary N) is 1. The highest BCUT2D eigenvalue weighted by molar-refractivity contribution is 6.42. The monoisotopic (exact) mass is 544 g/mol. The molecule has 0 spiro atoms. The minimum Gasteiger partial charge on any atom is -0.302 e. The average molecular weight is 546 g/mol. The summed E-state index contributed by atoms with van der Waals surface area (Å²) in [6.45, 7) is 5.51. The molecule has 0 fully saturated rings. The Bertz CT molecular complexity index is 1440. The van der Waals surface area contributed by atoms with Crippen LogP contribution in [0.4, 0.5) is 19.0 Å². The Morgan fingerprint density at radius 2 is 1.71 bits per heavy atom. The van der Waals surface area contributed by atoms with Gasteiger partial charge in [0.25, 0.3) is 5.91 Å². The third kappa shape index (κ3) is 5.39. The molecule has 0 aliphatic heterocycles. The maximum atomic E-state index is 13.7. The van der Waals surface area contributed by atoms with Crippen LogP contribution in [-0.2, 0) is 18.1 Å². The van der Waals surface area contributed by atoms with Gasteiger partial charge in [-0.1, -0.05) is 61.6 Å². The van der Waals surface area contributed by atoms with Gasteiger partial charge < -0.3 is 5.32 Å². The number of aromatic nitrogens is 5. The van der Waals surface area contributed by atoms with Gasteiger partial charge >= 0.3 is 6.18 Å². The van der Waals surface area contributed by atoms with E-state index in [1.807, 2.05) is 0 Å². The van der Waals surface area contributed by atoms with Crippen LogP contribution in [0.15, 0.2) is 36.5 Å². The van der Waals surface area contributed by atoms with E-state index in [0.717, 1.165) is 11.6 Å². The molecule has 1 aromatic carbocycles. The molecule has 0 atom stereocenters. The van der Waals surface area contributed by atoms with Gasteiger partial charge in [0, 0.05) is 17.7 Å². The van der Waals surface area contributed by atoms with Gasteiger partial charge in [-0.25, -0.2) is 9.50 Å². The van der Waals surface area contributed by atoms with Crippen LogP contribution in [-0.4, -0.2) is 30.3 Å². The molecule has 0 unspecified atom stereocenters. The smallest absolute Gasteiger partial charge is 0.302 e. The van der Waals surface area contributed by atoms with Gasteiger partial charge in [-0.2, -0.15) is 23.4 Å². The van der Waals surface area contributed by atoms with E-state index in [-0.39, 0.29) is 34.4 Å². The molecule has 0 aliphatic rings. The zero-order valence-corrected chi connectivity index (χ0v) is 20.9. The predicted molar refractivity (Wildman–Crippen MR) is 127 cm³/mol. The Labute approximate surface area is 212 Å². The summed E-state index contributed by atoms with van der Waals surface area (Å²) in [6.07, 6.45) is -3.21. The maximum absolute atomic E-state index is 13.7. The van der Waals surface area contributed by atoms with E-state index >= 15 is 0 Å². The van der Waals surface area contributed by atoms with Crippen molar-refractivity contribution >= 4 is 52.2 Å². The largest absolute Gasteiger partial charge is 0.433 e. The molecule has 3 heterocycles. The van der Waals surface area contributed by atoms with Crippen molar-refractivity contribution in [2.45, 2.75) is 38.9 Å². The summed E-state index contributed by atoms with van der Waals surface area (Å²) in [7, 11) is 0. The van der Waals surface area contributed by atoms with Crippen molar-refractivity contribution in [2.75, 3.05) is 5.32 Å². The first-order valence-corrected chi connectivity index (χ1v) is 11.3. The number of rotatable bonds is 4. The third-order valence-electron chi connectivity index (χ3n) is 5.00. The number of benzene rings is 1. The number of fused-ring (bicyclic) bond motifs is 1. The number of hydrogen-bond acceptors (Lipinski definition) is 4. The number of anilines is 1. The second kappa shape index (κ2) is 9.00. The summed E-state index contributed by atoms with van der Waals surface area (Å²) >= 11 is 18.2. The lowest BCUT2D eigenvalue weighted by atomic mass is 9.91. The van der Waals surface area contributed by atoms with Gasteiger partial charge in [0.15, 0.2) is 17.2 Å². The van der Waals surface area contributed by atoms with E-state index < -0.39 is 23.2 Å². The third-order valence-corrected chi connectivity index (χ3v) is 6.01. The Kier molecular flexibility index (Phi) is 6.50. The zero-order valence-electron chi connectivity index (χ0n) is 18.6. The van der Waals surface area contributed by atoms with Crippen LogP contribution in [0.25, 0.3) is 5.65 Å². The van der Waals surface area contributed by atoms with E-state index in [1.54, 1.807) is 39.0 Å². The fourth-order valence-electron chi connectivity index (χ4n) is 3.23. The van der Waals surface area contributed by atoms with Crippen LogP contribution in [0.1, 0.15) is 48.2 Å². The summed E-state index contributed by atoms with van der Waals surface area (Å²) in [6, 6.07) is 7.19. The number of carbonyl (C=O) groups is 1. The lowest BCUT2D eigenvalue weighted by Crippen LogP contribution is -2.20. The fourth-order valence-corrected chi connectivity index (χ4v) is 3.75. The number of halogens is 6. The van der Waals surface area contributed by atoms with E-state index in [0.29, 0.717) is 14.6 Å². The number of hydrogen-bond donors (Lipinski definition) is 1. The van der Waals surface area contributed by atoms with Crippen molar-refractivity contribution in [3.05, 3.63) is 74.2 Å². The highest BCUT2D eigenvalue weighted by atomic mass is 35.5. The Morgan fingerprint density at radius 1 is 1.00 bits per heavy atom. The number of carbonyl (C=O) groups excluding carboxylic acids is 1. The highest BCUT2D eigenvalue weighted by Crippen LogP contribution is 2.33. The molecule has 0 bridgehead atoms. The quantitative estimate of drug-likeness (QED) is 0.317. The van der Waals surface area contributed by atoms with Crippen LogP contribution in [0.5, 0.6) is 0 Å². The van der Waals surface area contributed by atoms with Crippen molar-refractivity contribution in [1.29, 1.82) is 0 Å². The first kappa shape index (κ1) is 25.3. The van der Waals surface area contributed by atoms with E-state index in [9.17, 15) is 18.0 Å². The number of alkyl halides is 3. The van der Waals surface area contributed by atoms with Crippen molar-refractivity contribution in [1.82, 2.24) is 24.4 Å². The standard InChI is InChI=1S/C22H18Cl3F3N6O/c1-21(2,3)16-8-17(22(26,27)28)34-18(29-16)7-15(31-34)20(35)30-19-14(25)10-33(32-19)9-11-4-5-12(23)13(24)6-11/h4-8,10H,9H2,1-3H3,(H,30,32,35). The molecule has 4 rings (SSSR count). The molecule has 0 radical (unpaired) electrons. The molecule has 7 nitrogen and oxygen atoms in total. The average Bonchev–Trinajstić information content (AvgIpc) is 3.32. The van der Waals surface area contributed by atoms with E-state index in [1.165, 1.54) is 16.9 Å². The van der Waals surface area contributed by atoms with Gasteiger partial charge in [0.1, 0.15) is 10.7 Å². The molecule has 4 aromatic rings. The predicted octanol–water partition coefficient (Wildman–Crippen LogP) is 6.50. The zero-order chi connectivity index (χ0) is 25.7. The molecule has 13 heteroatoms. The fraction of sp³-hybridized carbons (Fsp3) is 0.273. The summed E-state index contributed by atoms with van der Waals surface area (Å²) in [4.78, 5) is 17.1. The second-order valence-electron chi connectivity index (χ2n) is 8.80. The molecule has 184 valence electrons. The number of amides is 1.